The van der Waals surface area contributed by atoms with Crippen LogP contribution in [0.25, 0.3) is 0 Å². The van der Waals surface area contributed by atoms with Crippen LogP contribution in [0.1, 0.15) is 51.2 Å². The summed E-state index contributed by atoms with van der Waals surface area (Å²) in [5.41, 5.74) is -1.66. The van der Waals surface area contributed by atoms with Crippen LogP contribution in [0.3, 0.4) is 0 Å². The van der Waals surface area contributed by atoms with E-state index in [-0.39, 0.29) is 18.4 Å². The van der Waals surface area contributed by atoms with Gasteiger partial charge < -0.3 is 39.1 Å². The Kier molecular flexibility index (Phi) is 13.6. The Hall–Kier alpha value is -1.82. The third-order valence-electron chi connectivity index (χ3n) is 8.39. The molecule has 4 unspecified atom stereocenters. The van der Waals surface area contributed by atoms with Crippen LogP contribution in [0, 0.1) is 11.8 Å². The van der Waals surface area contributed by atoms with Gasteiger partial charge in [0.05, 0.1) is 19.8 Å². The molecule has 250 valence electrons. The SMILES string of the molecule is CC[C@@](OP(=O)(O)OP(=O)(O)O)(c1cccc(OC)c1)[C@H](C)C(CCC(O)(c1cccc(OC)c1)C(C)CN(C)C)N(C)C. The molecular weight excluding hydrogens is 610 g/mol. The van der Waals surface area contributed by atoms with Crippen LogP contribution in [-0.2, 0) is 29.2 Å². The lowest BCUT2D eigenvalue weighted by atomic mass is 9.72. The molecule has 0 fully saturated rings. The number of nitrogens with zero attached hydrogens (tertiary/aromatic N) is 2. The lowest BCUT2D eigenvalue weighted by Gasteiger charge is -2.46. The number of hydrogen-bond acceptors (Lipinski definition) is 9. The van der Waals surface area contributed by atoms with Gasteiger partial charge in [-0.05, 0) is 82.8 Å². The van der Waals surface area contributed by atoms with Gasteiger partial charge in [0.25, 0.3) is 0 Å². The fourth-order valence-electron chi connectivity index (χ4n) is 6.13. The Morgan fingerprint density at radius 1 is 0.886 bits per heavy atom. The van der Waals surface area contributed by atoms with Crippen LogP contribution in [0.2, 0.25) is 0 Å². The molecule has 0 saturated heterocycles. The first-order chi connectivity index (χ1) is 20.3. The molecular formula is C30H50N2O10P2. The third-order valence-corrected chi connectivity index (χ3v) is 10.6. The molecule has 0 bridgehead atoms. The summed E-state index contributed by atoms with van der Waals surface area (Å²) >= 11 is 0. The van der Waals surface area contributed by atoms with Gasteiger partial charge in [-0.15, -0.1) is 0 Å². The number of hydrogen-bond donors (Lipinski definition) is 4. The molecule has 14 heteroatoms. The summed E-state index contributed by atoms with van der Waals surface area (Å²) in [5, 5.41) is 12.4. The summed E-state index contributed by atoms with van der Waals surface area (Å²) < 4.78 is 45.6. The molecule has 0 aromatic heterocycles. The molecule has 4 N–H and O–H groups in total. The molecule has 6 atom stereocenters. The number of methoxy groups -OCH3 is 2. The number of aliphatic hydroxyl groups is 1. The zero-order chi connectivity index (χ0) is 33.5. The summed E-state index contributed by atoms with van der Waals surface area (Å²) in [5.74, 6) is 0.318. The lowest BCUT2D eigenvalue weighted by Crippen LogP contribution is -2.48. The average molecular weight is 661 g/mol. The highest BCUT2D eigenvalue weighted by Gasteiger charge is 2.50. The van der Waals surface area contributed by atoms with Gasteiger partial charge in [0, 0.05) is 24.4 Å². The molecule has 2 aromatic carbocycles. The van der Waals surface area contributed by atoms with Crippen molar-refractivity contribution >= 4 is 15.6 Å². The van der Waals surface area contributed by atoms with Crippen molar-refractivity contribution in [3.63, 3.8) is 0 Å². The van der Waals surface area contributed by atoms with E-state index in [1.54, 1.807) is 38.3 Å². The Labute approximate surface area is 261 Å². The average Bonchev–Trinajstić information content (AvgIpc) is 2.93. The second kappa shape index (κ2) is 15.6. The van der Waals surface area contributed by atoms with Crippen LogP contribution in [0.5, 0.6) is 11.5 Å². The van der Waals surface area contributed by atoms with Crippen molar-refractivity contribution in [2.24, 2.45) is 11.8 Å². The molecule has 0 aliphatic carbocycles. The van der Waals surface area contributed by atoms with Gasteiger partial charge in [-0.3, -0.25) is 4.52 Å². The van der Waals surface area contributed by atoms with Crippen molar-refractivity contribution in [2.45, 2.75) is 57.3 Å². The van der Waals surface area contributed by atoms with E-state index in [1.165, 1.54) is 7.11 Å². The maximum Gasteiger partial charge on any atom is 0.481 e. The Morgan fingerprint density at radius 2 is 1.41 bits per heavy atom. The van der Waals surface area contributed by atoms with Gasteiger partial charge in [-0.2, -0.15) is 4.31 Å². The van der Waals surface area contributed by atoms with Crippen molar-refractivity contribution in [2.75, 3.05) is 49.0 Å². The second-order valence-electron chi connectivity index (χ2n) is 11.8. The fraction of sp³-hybridized carbons (Fsp3) is 0.600. The molecule has 0 radical (unpaired) electrons. The van der Waals surface area contributed by atoms with E-state index in [2.05, 4.69) is 4.31 Å². The van der Waals surface area contributed by atoms with Crippen molar-refractivity contribution in [3.05, 3.63) is 59.7 Å². The number of benzene rings is 2. The van der Waals surface area contributed by atoms with E-state index >= 15 is 0 Å². The largest absolute Gasteiger partial charge is 0.497 e. The number of phosphoric acid groups is 2. The normalized spacial score (nSPS) is 18.6. The summed E-state index contributed by atoms with van der Waals surface area (Å²) in [6, 6.07) is 13.8. The third kappa shape index (κ3) is 9.84. The van der Waals surface area contributed by atoms with Crippen LogP contribution in [0.15, 0.2) is 48.5 Å². The predicted octanol–water partition coefficient (Wildman–Crippen LogP) is 4.97. The van der Waals surface area contributed by atoms with E-state index in [0.717, 1.165) is 0 Å². The Balaban J connectivity index is 2.65. The standard InChI is InChI=1S/C30H50N2O10P2/c1-10-30(25-14-12-16-27(20-25)40-9,41-44(37,38)42-43(34,35)36)23(3)28(32(6)7)17-18-29(33,22(2)21-31(4)5)24-13-11-15-26(19-24)39-8/h11-16,19-20,22-23,28,33H,10,17-18,21H2,1-9H3,(H,37,38)(H2,34,35,36)/t22?,23-,28?,29?,30+/m1/s1. The first kappa shape index (κ1) is 38.4. The zero-order valence-electron chi connectivity index (χ0n) is 27.2. The van der Waals surface area contributed by atoms with Crippen LogP contribution < -0.4 is 9.47 Å². The van der Waals surface area contributed by atoms with Crippen LogP contribution >= 0.6 is 15.6 Å². The first-order valence-electron chi connectivity index (χ1n) is 14.5. The van der Waals surface area contributed by atoms with Gasteiger partial charge in [0.1, 0.15) is 17.1 Å². The van der Waals surface area contributed by atoms with Crippen molar-refractivity contribution in [1.82, 2.24) is 9.80 Å². The second-order valence-corrected chi connectivity index (χ2v) is 14.5. The minimum absolute atomic E-state index is 0.137. The first-order valence-corrected chi connectivity index (χ1v) is 17.5. The van der Waals surface area contributed by atoms with E-state index in [0.29, 0.717) is 42.0 Å². The highest BCUT2D eigenvalue weighted by Crippen LogP contribution is 2.62. The minimum Gasteiger partial charge on any atom is -0.497 e. The van der Waals surface area contributed by atoms with Gasteiger partial charge in [0.2, 0.25) is 0 Å². The van der Waals surface area contributed by atoms with E-state index in [1.807, 2.05) is 76.1 Å². The topological polar surface area (TPSA) is 158 Å². The van der Waals surface area contributed by atoms with E-state index < -0.39 is 32.8 Å². The fourth-order valence-corrected chi connectivity index (χ4v) is 8.15. The quantitative estimate of drug-likeness (QED) is 0.159. The molecule has 44 heavy (non-hydrogen) atoms. The smallest absolute Gasteiger partial charge is 0.481 e. The summed E-state index contributed by atoms with van der Waals surface area (Å²) in [6.45, 7) is 6.20. The van der Waals surface area contributed by atoms with Crippen molar-refractivity contribution < 1.29 is 47.2 Å². The highest BCUT2D eigenvalue weighted by molar-refractivity contribution is 7.60. The maximum atomic E-state index is 13.1. The van der Waals surface area contributed by atoms with E-state index in [9.17, 15) is 28.9 Å². The molecule has 12 nitrogen and oxygen atoms in total. The number of phosphoric ester groups is 1. The molecule has 2 aromatic rings. The minimum atomic E-state index is -5.38. The summed E-state index contributed by atoms with van der Waals surface area (Å²) in [6.07, 6.45) is 0.873. The van der Waals surface area contributed by atoms with Crippen LogP contribution in [-0.4, -0.2) is 84.6 Å². The van der Waals surface area contributed by atoms with Crippen molar-refractivity contribution in [3.8, 4) is 11.5 Å². The monoisotopic (exact) mass is 660 g/mol. The molecule has 0 saturated carbocycles. The number of rotatable bonds is 18. The van der Waals surface area contributed by atoms with Gasteiger partial charge in [-0.25, -0.2) is 9.13 Å². The molecule has 0 heterocycles. The van der Waals surface area contributed by atoms with E-state index in [4.69, 9.17) is 14.0 Å². The Morgan fingerprint density at radius 3 is 1.86 bits per heavy atom. The van der Waals surface area contributed by atoms with Gasteiger partial charge in [-0.1, -0.05) is 45.0 Å². The molecule has 0 spiro atoms. The Bertz CT molecular complexity index is 1310. The molecule has 0 aliphatic rings. The zero-order valence-corrected chi connectivity index (χ0v) is 29.0. The van der Waals surface area contributed by atoms with Crippen molar-refractivity contribution in [1.29, 1.82) is 0 Å². The van der Waals surface area contributed by atoms with Gasteiger partial charge >= 0.3 is 15.6 Å². The lowest BCUT2D eigenvalue weighted by molar-refractivity contribution is -0.0656. The summed E-state index contributed by atoms with van der Waals surface area (Å²) in [7, 11) is 0.00711. The van der Waals surface area contributed by atoms with Crippen LogP contribution in [0.4, 0.5) is 0 Å². The number of ether oxygens (including phenoxy) is 2. The van der Waals surface area contributed by atoms with Gasteiger partial charge in [0.15, 0.2) is 0 Å². The maximum absolute atomic E-state index is 13.1. The summed E-state index contributed by atoms with van der Waals surface area (Å²) in [4.78, 5) is 33.3. The molecule has 2 rings (SSSR count). The molecule has 0 amide bonds. The predicted molar refractivity (Wildman–Crippen MR) is 169 cm³/mol. The molecule has 0 aliphatic heterocycles. The highest BCUT2D eigenvalue weighted by atomic mass is 31.3.